The molecule has 0 fully saturated rings. The second kappa shape index (κ2) is 7.30. The molecule has 0 saturated carbocycles. The van der Waals surface area contributed by atoms with Crippen LogP contribution in [-0.2, 0) is 4.79 Å². The van der Waals surface area contributed by atoms with Gasteiger partial charge in [0.1, 0.15) is 0 Å². The van der Waals surface area contributed by atoms with E-state index in [-0.39, 0.29) is 23.6 Å². The highest BCUT2D eigenvalue weighted by atomic mass is 35.5. The van der Waals surface area contributed by atoms with E-state index in [9.17, 15) is 9.59 Å². The number of halogens is 1. The molecule has 0 radical (unpaired) electrons. The molecule has 6 nitrogen and oxygen atoms in total. The summed E-state index contributed by atoms with van der Waals surface area (Å²) in [5.41, 5.74) is 6.55. The molecule has 0 aliphatic carbocycles. The smallest absolute Gasteiger partial charge is 0.291 e. The summed E-state index contributed by atoms with van der Waals surface area (Å²) in [7, 11) is 0. The molecule has 0 spiro atoms. The number of benzene rings is 1. The Hall–Kier alpha value is -2.31. The van der Waals surface area contributed by atoms with Gasteiger partial charge in [-0.1, -0.05) is 18.5 Å². The lowest BCUT2D eigenvalue weighted by Gasteiger charge is -2.17. The lowest BCUT2D eigenvalue weighted by Crippen LogP contribution is -2.34. The fourth-order valence-corrected chi connectivity index (χ4v) is 1.98. The highest BCUT2D eigenvalue weighted by molar-refractivity contribution is 6.31. The average molecular weight is 336 g/mol. The number of hydrogen-bond donors (Lipinski definition) is 3. The number of rotatable bonds is 5. The van der Waals surface area contributed by atoms with Crippen molar-refractivity contribution >= 4 is 34.8 Å². The summed E-state index contributed by atoms with van der Waals surface area (Å²) in [4.78, 5) is 24.2. The summed E-state index contributed by atoms with van der Waals surface area (Å²) >= 11 is 5.97. The lowest BCUT2D eigenvalue weighted by atomic mass is 10.0. The van der Waals surface area contributed by atoms with Gasteiger partial charge in [-0.25, -0.2) is 0 Å². The normalized spacial score (nSPS) is 13.2. The van der Waals surface area contributed by atoms with Gasteiger partial charge in [0.15, 0.2) is 5.76 Å². The average Bonchev–Trinajstić information content (AvgIpc) is 3.03. The van der Waals surface area contributed by atoms with E-state index in [1.54, 1.807) is 38.1 Å². The van der Waals surface area contributed by atoms with Gasteiger partial charge in [-0.3, -0.25) is 9.59 Å². The molecule has 7 heteroatoms. The SMILES string of the molecule is CC(N)C(C)C(=O)Nc1ccc(Cl)cc1NC(=O)c1ccco1. The third-order valence-corrected chi connectivity index (χ3v) is 3.67. The van der Waals surface area contributed by atoms with E-state index < -0.39 is 5.91 Å². The number of nitrogens with two attached hydrogens (primary N) is 1. The highest BCUT2D eigenvalue weighted by Gasteiger charge is 2.19. The second-order valence-electron chi connectivity index (χ2n) is 5.26. The molecule has 0 saturated heterocycles. The highest BCUT2D eigenvalue weighted by Crippen LogP contribution is 2.27. The van der Waals surface area contributed by atoms with Crippen LogP contribution < -0.4 is 16.4 Å². The van der Waals surface area contributed by atoms with Crippen molar-refractivity contribution in [2.24, 2.45) is 11.7 Å². The van der Waals surface area contributed by atoms with Crippen LogP contribution in [0.25, 0.3) is 0 Å². The first-order valence-corrected chi connectivity index (χ1v) is 7.47. The molecule has 23 heavy (non-hydrogen) atoms. The lowest BCUT2D eigenvalue weighted by molar-refractivity contribution is -0.119. The molecule has 4 N–H and O–H groups in total. The van der Waals surface area contributed by atoms with E-state index >= 15 is 0 Å². The van der Waals surface area contributed by atoms with Crippen molar-refractivity contribution in [1.29, 1.82) is 0 Å². The van der Waals surface area contributed by atoms with Crippen LogP contribution in [0, 0.1) is 5.92 Å². The Balaban J connectivity index is 2.20. The molecule has 2 aromatic rings. The summed E-state index contributed by atoms with van der Waals surface area (Å²) < 4.78 is 5.04. The molecule has 0 bridgehead atoms. The van der Waals surface area contributed by atoms with Crippen LogP contribution in [0.2, 0.25) is 5.02 Å². The van der Waals surface area contributed by atoms with Crippen molar-refractivity contribution in [1.82, 2.24) is 0 Å². The molecule has 1 heterocycles. The van der Waals surface area contributed by atoms with Crippen LogP contribution in [0.3, 0.4) is 0 Å². The predicted molar refractivity (Wildman–Crippen MR) is 89.6 cm³/mol. The summed E-state index contributed by atoms with van der Waals surface area (Å²) in [6.45, 7) is 3.49. The van der Waals surface area contributed by atoms with E-state index in [1.807, 2.05) is 0 Å². The van der Waals surface area contributed by atoms with Gasteiger partial charge in [-0.15, -0.1) is 0 Å². The maximum atomic E-state index is 12.2. The molecule has 2 atom stereocenters. The van der Waals surface area contributed by atoms with Gasteiger partial charge in [0, 0.05) is 11.1 Å². The van der Waals surface area contributed by atoms with Crippen molar-refractivity contribution in [3.63, 3.8) is 0 Å². The first-order chi connectivity index (χ1) is 10.9. The van der Waals surface area contributed by atoms with Crippen LogP contribution in [0.1, 0.15) is 24.4 Å². The van der Waals surface area contributed by atoms with E-state index in [2.05, 4.69) is 10.6 Å². The molecule has 1 aromatic heterocycles. The Morgan fingerprint density at radius 1 is 1.17 bits per heavy atom. The zero-order valence-corrected chi connectivity index (χ0v) is 13.6. The van der Waals surface area contributed by atoms with Crippen LogP contribution in [0.4, 0.5) is 11.4 Å². The Morgan fingerprint density at radius 3 is 2.52 bits per heavy atom. The van der Waals surface area contributed by atoms with E-state index in [0.29, 0.717) is 16.4 Å². The summed E-state index contributed by atoms with van der Waals surface area (Å²) in [6, 6.07) is 7.65. The van der Waals surface area contributed by atoms with Crippen LogP contribution in [0.5, 0.6) is 0 Å². The van der Waals surface area contributed by atoms with Gasteiger partial charge in [-0.05, 0) is 37.3 Å². The van der Waals surface area contributed by atoms with Crippen molar-refractivity contribution in [2.45, 2.75) is 19.9 Å². The first-order valence-electron chi connectivity index (χ1n) is 7.09. The van der Waals surface area contributed by atoms with Crippen LogP contribution in [0.15, 0.2) is 41.0 Å². The number of carbonyl (C=O) groups is 2. The van der Waals surface area contributed by atoms with Gasteiger partial charge in [-0.2, -0.15) is 0 Å². The number of carbonyl (C=O) groups excluding carboxylic acids is 2. The Labute approximate surface area is 139 Å². The zero-order chi connectivity index (χ0) is 17.0. The van der Waals surface area contributed by atoms with Gasteiger partial charge < -0.3 is 20.8 Å². The summed E-state index contributed by atoms with van der Waals surface area (Å²) in [5.74, 6) is -0.894. The molecular weight excluding hydrogens is 318 g/mol. The zero-order valence-electron chi connectivity index (χ0n) is 12.8. The Morgan fingerprint density at radius 2 is 1.91 bits per heavy atom. The minimum absolute atomic E-state index is 0.159. The van der Waals surface area contributed by atoms with E-state index in [1.165, 1.54) is 12.3 Å². The van der Waals surface area contributed by atoms with Crippen LogP contribution >= 0.6 is 11.6 Å². The third-order valence-electron chi connectivity index (χ3n) is 3.43. The third kappa shape index (κ3) is 4.34. The van der Waals surface area contributed by atoms with Crippen molar-refractivity contribution in [3.05, 3.63) is 47.4 Å². The van der Waals surface area contributed by atoms with Gasteiger partial charge in [0.2, 0.25) is 5.91 Å². The summed E-state index contributed by atoms with van der Waals surface area (Å²) in [6.07, 6.45) is 1.40. The molecule has 1 aromatic carbocycles. The topological polar surface area (TPSA) is 97.4 Å². The largest absolute Gasteiger partial charge is 0.459 e. The number of furan rings is 1. The number of amides is 2. The summed E-state index contributed by atoms with van der Waals surface area (Å²) in [5, 5.41) is 5.84. The van der Waals surface area contributed by atoms with Crippen molar-refractivity contribution < 1.29 is 14.0 Å². The first kappa shape index (κ1) is 17.1. The standard InChI is InChI=1S/C16H18ClN3O3/c1-9(10(2)18)15(21)19-12-6-5-11(17)8-13(12)20-16(22)14-4-3-7-23-14/h3-10H,18H2,1-2H3,(H,19,21)(H,20,22). The monoisotopic (exact) mass is 335 g/mol. The number of nitrogens with one attached hydrogen (secondary N) is 2. The maximum absolute atomic E-state index is 12.2. The minimum Gasteiger partial charge on any atom is -0.459 e. The Kier molecular flexibility index (Phi) is 5.41. The molecular formula is C16H18ClN3O3. The van der Waals surface area contributed by atoms with E-state index in [0.717, 1.165) is 0 Å². The second-order valence-corrected chi connectivity index (χ2v) is 5.69. The molecule has 2 rings (SSSR count). The quantitative estimate of drug-likeness (QED) is 0.782. The van der Waals surface area contributed by atoms with E-state index in [4.69, 9.17) is 21.8 Å². The molecule has 0 aliphatic rings. The van der Waals surface area contributed by atoms with Gasteiger partial charge in [0.05, 0.1) is 23.6 Å². The fourth-order valence-electron chi connectivity index (χ4n) is 1.81. The molecule has 2 unspecified atom stereocenters. The number of hydrogen-bond acceptors (Lipinski definition) is 4. The van der Waals surface area contributed by atoms with Crippen molar-refractivity contribution in [3.8, 4) is 0 Å². The Bertz CT molecular complexity index is 699. The predicted octanol–water partition coefficient (Wildman–Crippen LogP) is 3.11. The van der Waals surface area contributed by atoms with Gasteiger partial charge >= 0.3 is 0 Å². The molecule has 122 valence electrons. The van der Waals surface area contributed by atoms with Crippen LogP contribution in [-0.4, -0.2) is 17.9 Å². The fraction of sp³-hybridized carbons (Fsp3) is 0.250. The minimum atomic E-state index is -0.437. The van der Waals surface area contributed by atoms with Crippen molar-refractivity contribution in [2.75, 3.05) is 10.6 Å². The number of anilines is 2. The molecule has 0 aliphatic heterocycles. The molecule has 2 amide bonds. The maximum Gasteiger partial charge on any atom is 0.291 e. The van der Waals surface area contributed by atoms with Gasteiger partial charge in [0.25, 0.3) is 5.91 Å².